The molecule has 0 atom stereocenters. The fourth-order valence-corrected chi connectivity index (χ4v) is 5.57. The third kappa shape index (κ3) is 4.68. The number of hydrogen-bond acceptors (Lipinski definition) is 4. The van der Waals surface area contributed by atoms with Crippen LogP contribution in [0.5, 0.6) is 0 Å². The van der Waals surface area contributed by atoms with Crippen LogP contribution >= 0.6 is 0 Å². The third-order valence-corrected chi connectivity index (χ3v) is 7.71. The molecule has 2 aliphatic carbocycles. The van der Waals surface area contributed by atoms with Gasteiger partial charge >= 0.3 is 0 Å². The average molecular weight is 405 g/mol. The molecule has 2 saturated carbocycles. The molecule has 2 N–H and O–H groups in total. The summed E-state index contributed by atoms with van der Waals surface area (Å²) < 4.78 is 51.5. The number of hydrogen-bond donors (Lipinski definition) is 1. The maximum absolute atomic E-state index is 13.3. The Morgan fingerprint density at radius 1 is 1.11 bits per heavy atom. The number of primary sulfonamides is 1. The van der Waals surface area contributed by atoms with Crippen molar-refractivity contribution in [3.8, 4) is 0 Å². The summed E-state index contributed by atoms with van der Waals surface area (Å²) in [6.07, 6.45) is 3.55. The Morgan fingerprint density at radius 3 is 2.19 bits per heavy atom. The molecule has 2 fully saturated rings. The molecule has 0 aliphatic heterocycles. The zero-order valence-corrected chi connectivity index (χ0v) is 16.8. The van der Waals surface area contributed by atoms with E-state index in [4.69, 9.17) is 5.14 Å². The molecular formula is C18H30F2N4O2S. The molecule has 27 heavy (non-hydrogen) atoms. The fraction of sp³-hybridized carbons (Fsp3) is 0.833. The maximum atomic E-state index is 13.3. The largest absolute Gasteiger partial charge is 0.306 e. The van der Waals surface area contributed by atoms with Gasteiger partial charge in [-0.1, -0.05) is 0 Å². The molecule has 3 rings (SSSR count). The molecule has 0 radical (unpaired) electrons. The number of alkyl halides is 2. The minimum atomic E-state index is -3.54. The van der Waals surface area contributed by atoms with E-state index < -0.39 is 21.7 Å². The van der Waals surface area contributed by atoms with E-state index in [9.17, 15) is 17.2 Å². The second kappa shape index (κ2) is 8.13. The lowest BCUT2D eigenvalue weighted by Crippen LogP contribution is -2.34. The van der Waals surface area contributed by atoms with E-state index in [1.54, 1.807) is 10.7 Å². The zero-order valence-electron chi connectivity index (χ0n) is 16.0. The van der Waals surface area contributed by atoms with Gasteiger partial charge in [0.2, 0.25) is 10.0 Å². The van der Waals surface area contributed by atoms with Gasteiger partial charge in [-0.05, 0) is 71.5 Å². The topological polar surface area (TPSA) is 81.2 Å². The first-order valence-corrected chi connectivity index (χ1v) is 11.3. The molecule has 0 aromatic carbocycles. The van der Waals surface area contributed by atoms with Crippen LogP contribution in [0.15, 0.2) is 6.07 Å². The van der Waals surface area contributed by atoms with Crippen LogP contribution in [-0.4, -0.2) is 48.5 Å². The van der Waals surface area contributed by atoms with Crippen LogP contribution in [-0.2, 0) is 10.0 Å². The summed E-state index contributed by atoms with van der Waals surface area (Å²) in [5.74, 6) is 0.233. The Hall–Kier alpha value is -1.06. The van der Waals surface area contributed by atoms with Crippen LogP contribution in [0.3, 0.4) is 0 Å². The van der Waals surface area contributed by atoms with Gasteiger partial charge in [0.15, 0.2) is 0 Å². The second-order valence-electron chi connectivity index (χ2n) is 8.23. The van der Waals surface area contributed by atoms with E-state index in [0.29, 0.717) is 31.7 Å². The van der Waals surface area contributed by atoms with Crippen molar-refractivity contribution in [2.75, 3.05) is 14.1 Å². The molecular weight excluding hydrogens is 374 g/mol. The first-order chi connectivity index (χ1) is 12.7. The van der Waals surface area contributed by atoms with Crippen molar-refractivity contribution in [3.63, 3.8) is 0 Å². The van der Waals surface area contributed by atoms with Gasteiger partial charge in [-0.3, -0.25) is 4.68 Å². The van der Waals surface area contributed by atoms with E-state index >= 15 is 0 Å². The monoisotopic (exact) mass is 404 g/mol. The van der Waals surface area contributed by atoms with E-state index in [2.05, 4.69) is 24.1 Å². The van der Waals surface area contributed by atoms with Gasteiger partial charge in [0.1, 0.15) is 5.69 Å². The van der Waals surface area contributed by atoms with Crippen LogP contribution in [0.25, 0.3) is 0 Å². The highest BCUT2D eigenvalue weighted by molar-refractivity contribution is 7.89. The summed E-state index contributed by atoms with van der Waals surface area (Å²) in [6.45, 7) is 0. The summed E-state index contributed by atoms with van der Waals surface area (Å²) in [5.41, 5.74) is 0.717. The third-order valence-electron chi connectivity index (χ3n) is 6.31. The summed E-state index contributed by atoms with van der Waals surface area (Å²) in [7, 11) is 0.616. The Kier molecular flexibility index (Phi) is 6.22. The lowest BCUT2D eigenvalue weighted by molar-refractivity contribution is 0.144. The first kappa shape index (κ1) is 20.7. The Balaban J connectivity index is 1.77. The van der Waals surface area contributed by atoms with E-state index in [-0.39, 0.29) is 17.7 Å². The molecule has 0 bridgehead atoms. The van der Waals surface area contributed by atoms with Crippen molar-refractivity contribution in [2.45, 2.75) is 81.0 Å². The van der Waals surface area contributed by atoms with Gasteiger partial charge in [0, 0.05) is 17.7 Å². The minimum Gasteiger partial charge on any atom is -0.306 e. The fourth-order valence-electron chi connectivity index (χ4n) is 4.64. The van der Waals surface area contributed by atoms with Gasteiger partial charge in [-0.2, -0.15) is 5.10 Å². The standard InChI is InChI=1S/C18H30F2N4O2S/c1-23(2)13-5-3-12(4-6-13)17-11-16(18(19)20)22-24(17)14-7-9-15(10-8-14)27(21,25)26/h11-15,18H,3-10H2,1-2H3,(H2,21,25,26). The highest BCUT2D eigenvalue weighted by Crippen LogP contribution is 2.39. The van der Waals surface area contributed by atoms with Crippen LogP contribution in [0.4, 0.5) is 8.78 Å². The van der Waals surface area contributed by atoms with Crippen molar-refractivity contribution in [1.82, 2.24) is 14.7 Å². The molecule has 1 aromatic heterocycles. The molecule has 9 heteroatoms. The van der Waals surface area contributed by atoms with Crippen LogP contribution in [0.2, 0.25) is 0 Å². The van der Waals surface area contributed by atoms with Gasteiger partial charge < -0.3 is 4.90 Å². The van der Waals surface area contributed by atoms with Crippen molar-refractivity contribution in [2.24, 2.45) is 5.14 Å². The predicted molar refractivity (Wildman–Crippen MR) is 100 cm³/mol. The Bertz CT molecular complexity index is 735. The predicted octanol–water partition coefficient (Wildman–Crippen LogP) is 3.18. The molecule has 0 saturated heterocycles. The highest BCUT2D eigenvalue weighted by Gasteiger charge is 2.33. The van der Waals surface area contributed by atoms with Gasteiger partial charge in [0.05, 0.1) is 11.3 Å². The molecule has 0 unspecified atom stereocenters. The zero-order chi connectivity index (χ0) is 19.8. The van der Waals surface area contributed by atoms with E-state index in [1.807, 2.05) is 0 Å². The van der Waals surface area contributed by atoms with Crippen LogP contribution in [0, 0.1) is 0 Å². The van der Waals surface area contributed by atoms with Gasteiger partial charge in [-0.15, -0.1) is 0 Å². The molecule has 1 aromatic rings. The number of aromatic nitrogens is 2. The second-order valence-corrected chi connectivity index (χ2v) is 10.1. The van der Waals surface area contributed by atoms with E-state index in [0.717, 1.165) is 31.4 Å². The van der Waals surface area contributed by atoms with Crippen molar-refractivity contribution in [1.29, 1.82) is 0 Å². The number of halogens is 2. The first-order valence-electron chi connectivity index (χ1n) is 9.72. The van der Waals surface area contributed by atoms with Crippen molar-refractivity contribution < 1.29 is 17.2 Å². The molecule has 0 amide bonds. The number of rotatable bonds is 5. The molecule has 154 valence electrons. The van der Waals surface area contributed by atoms with Gasteiger partial charge in [-0.25, -0.2) is 22.3 Å². The van der Waals surface area contributed by atoms with Crippen LogP contribution < -0.4 is 5.14 Å². The summed E-state index contributed by atoms with van der Waals surface area (Å²) in [5, 5.41) is 8.96. The molecule has 1 heterocycles. The van der Waals surface area contributed by atoms with Crippen molar-refractivity contribution in [3.05, 3.63) is 17.5 Å². The SMILES string of the molecule is CN(C)C1CCC(c2cc(C(F)F)nn2C2CCC(S(N)(=O)=O)CC2)CC1. The Morgan fingerprint density at radius 2 is 1.70 bits per heavy atom. The average Bonchev–Trinajstić information content (AvgIpc) is 3.07. The molecule has 2 aliphatic rings. The molecule has 0 spiro atoms. The number of sulfonamides is 1. The maximum Gasteiger partial charge on any atom is 0.282 e. The lowest BCUT2D eigenvalue weighted by atomic mass is 9.83. The lowest BCUT2D eigenvalue weighted by Gasteiger charge is -2.34. The normalized spacial score (nSPS) is 30.2. The quantitative estimate of drug-likeness (QED) is 0.817. The van der Waals surface area contributed by atoms with Gasteiger partial charge in [0.25, 0.3) is 6.43 Å². The number of nitrogens with two attached hydrogens (primary N) is 1. The van der Waals surface area contributed by atoms with Crippen LogP contribution in [0.1, 0.15) is 81.1 Å². The minimum absolute atomic E-state index is 0.0305. The number of nitrogens with zero attached hydrogens (tertiary/aromatic N) is 3. The Labute approximate surface area is 160 Å². The molecule has 6 nitrogen and oxygen atoms in total. The van der Waals surface area contributed by atoms with Crippen molar-refractivity contribution >= 4 is 10.0 Å². The summed E-state index contributed by atoms with van der Waals surface area (Å²) in [6, 6.07) is 2.08. The summed E-state index contributed by atoms with van der Waals surface area (Å²) >= 11 is 0. The summed E-state index contributed by atoms with van der Waals surface area (Å²) in [4.78, 5) is 2.23. The van der Waals surface area contributed by atoms with E-state index in [1.165, 1.54) is 0 Å². The highest BCUT2D eigenvalue weighted by atomic mass is 32.2. The smallest absolute Gasteiger partial charge is 0.282 e.